The lowest BCUT2D eigenvalue weighted by Gasteiger charge is -2.20. The first-order valence-corrected chi connectivity index (χ1v) is 14.2. The Morgan fingerprint density at radius 2 is 1.76 bits per heavy atom. The smallest absolute Gasteiger partial charge is 0.261 e. The zero-order valence-corrected chi connectivity index (χ0v) is 24.1. The summed E-state index contributed by atoms with van der Waals surface area (Å²) in [7, 11) is 0. The van der Waals surface area contributed by atoms with E-state index < -0.39 is 0 Å². The first kappa shape index (κ1) is 28.6. The molecule has 4 N–H and O–H groups in total. The number of nitrogens with one attached hydrogen (secondary N) is 2. The Morgan fingerprint density at radius 3 is 2.30 bits per heavy atom. The van der Waals surface area contributed by atoms with Gasteiger partial charge in [-0.3, -0.25) is 4.79 Å². The van der Waals surface area contributed by atoms with Gasteiger partial charge < -0.3 is 11.2 Å². The van der Waals surface area contributed by atoms with E-state index in [-0.39, 0.29) is 29.0 Å². The lowest BCUT2D eigenvalue weighted by molar-refractivity contribution is 0.0963. The van der Waals surface area contributed by atoms with Crippen LogP contribution < -0.4 is 11.2 Å². The molecule has 6 nitrogen and oxygen atoms in total. The van der Waals surface area contributed by atoms with Gasteiger partial charge in [0.1, 0.15) is 0 Å². The summed E-state index contributed by atoms with van der Waals surface area (Å²) in [6, 6.07) is 17.4. The van der Waals surface area contributed by atoms with E-state index in [1.165, 1.54) is 48.9 Å². The number of nitrogens with zero attached hydrogens (tertiary/aromatic N) is 2. The molecule has 0 bridgehead atoms. The molecule has 0 aliphatic rings. The van der Waals surface area contributed by atoms with Gasteiger partial charge in [0.05, 0.1) is 11.4 Å². The zero-order valence-electron chi connectivity index (χ0n) is 22.5. The maximum atomic E-state index is 12.6. The molecule has 1 heterocycles. The fourth-order valence-corrected chi connectivity index (χ4v) is 6.87. The number of amides is 1. The van der Waals surface area contributed by atoms with Crippen LogP contribution in [0.5, 0.6) is 0 Å². The van der Waals surface area contributed by atoms with Gasteiger partial charge in [-0.15, -0.1) is 28.2 Å². The van der Waals surface area contributed by atoms with Crippen molar-refractivity contribution in [3.8, 4) is 11.1 Å². The van der Waals surface area contributed by atoms with Gasteiger partial charge in [-0.25, -0.2) is 5.53 Å². The topological polar surface area (TPSA) is 104 Å². The number of nitrogens with two attached hydrogens (primary N) is 1. The number of hydrazone groups is 1. The lowest BCUT2D eigenvalue weighted by Crippen LogP contribution is -2.28. The lowest BCUT2D eigenvalue weighted by atomic mass is 9.85. The second kappa shape index (κ2) is 12.5. The van der Waals surface area contributed by atoms with Crippen molar-refractivity contribution in [2.75, 3.05) is 6.54 Å². The number of benzene rings is 2. The van der Waals surface area contributed by atoms with Crippen LogP contribution in [0.2, 0.25) is 0 Å². The van der Waals surface area contributed by atoms with Gasteiger partial charge in [0, 0.05) is 15.0 Å². The van der Waals surface area contributed by atoms with Gasteiger partial charge in [0.15, 0.2) is 5.84 Å². The highest BCUT2D eigenvalue weighted by Crippen LogP contribution is 2.43. The summed E-state index contributed by atoms with van der Waals surface area (Å²) in [5.74, 6) is 5.03. The molecule has 3 rings (SSSR count). The van der Waals surface area contributed by atoms with Crippen LogP contribution in [0.1, 0.15) is 77.0 Å². The molecule has 0 aliphatic carbocycles. The number of carbonyl (C=O) groups is 1. The maximum Gasteiger partial charge on any atom is 0.261 e. The predicted molar refractivity (Wildman–Crippen MR) is 157 cm³/mol. The van der Waals surface area contributed by atoms with Crippen LogP contribution in [0.3, 0.4) is 0 Å². The fourth-order valence-electron chi connectivity index (χ4n) is 4.28. The Morgan fingerprint density at radius 1 is 1.11 bits per heavy atom. The van der Waals surface area contributed by atoms with E-state index in [0.29, 0.717) is 4.88 Å². The Hall–Kier alpha value is -2.97. The third-order valence-corrected chi connectivity index (χ3v) is 8.86. The summed E-state index contributed by atoms with van der Waals surface area (Å²) in [5.41, 5.74) is 13.6. The molecule has 1 atom stereocenters. The number of hydrogen-bond acceptors (Lipinski definition) is 6. The van der Waals surface area contributed by atoms with Crippen molar-refractivity contribution in [2.45, 2.75) is 69.9 Å². The van der Waals surface area contributed by atoms with Crippen molar-refractivity contribution < 1.29 is 4.79 Å². The summed E-state index contributed by atoms with van der Waals surface area (Å²) in [6.07, 6.45) is 2.07. The summed E-state index contributed by atoms with van der Waals surface area (Å²) in [5, 5.41) is 9.55. The molecular weight excluding hydrogens is 498 g/mol. The molecule has 0 saturated carbocycles. The standard InChI is InChI=1S/C29H37N5OS2/c1-7-8-23(24-13-14-25(37-24)28(35)32-17-26(33-30)34-31)36-22-15-18(2)27(19(3)16-22)20-9-11-21(12-10-20)29(4,5)6/h9-16,23,30H,7-8,17,31H2,1-6H3,(H,32,35)/b33-30?,34-26-. The first-order valence-electron chi connectivity index (χ1n) is 12.5. The van der Waals surface area contributed by atoms with Crippen LogP contribution >= 0.6 is 23.1 Å². The Balaban J connectivity index is 1.79. The molecule has 0 spiro atoms. The molecule has 1 unspecified atom stereocenters. The number of rotatable bonds is 9. The average molecular weight is 536 g/mol. The normalized spacial score (nSPS) is 12.9. The molecule has 37 heavy (non-hydrogen) atoms. The predicted octanol–water partition coefficient (Wildman–Crippen LogP) is 8.00. The minimum absolute atomic E-state index is 0.0308. The van der Waals surface area contributed by atoms with Gasteiger partial charge in [-0.05, 0) is 77.8 Å². The average Bonchev–Trinajstić information content (AvgIpc) is 3.34. The second-order valence-electron chi connectivity index (χ2n) is 10.2. The summed E-state index contributed by atoms with van der Waals surface area (Å²) < 4.78 is 0. The van der Waals surface area contributed by atoms with E-state index in [1.54, 1.807) is 0 Å². The molecule has 196 valence electrons. The van der Waals surface area contributed by atoms with E-state index in [1.807, 2.05) is 23.9 Å². The molecule has 1 aromatic heterocycles. The van der Waals surface area contributed by atoms with Crippen molar-refractivity contribution in [2.24, 2.45) is 16.1 Å². The Bertz CT molecular complexity index is 1250. The highest BCUT2D eigenvalue weighted by atomic mass is 32.2. The minimum Gasteiger partial charge on any atom is -0.344 e. The van der Waals surface area contributed by atoms with E-state index in [0.717, 1.165) is 12.8 Å². The van der Waals surface area contributed by atoms with E-state index >= 15 is 0 Å². The van der Waals surface area contributed by atoms with Gasteiger partial charge in [-0.2, -0.15) is 5.10 Å². The number of thiophene rings is 1. The van der Waals surface area contributed by atoms with Crippen LogP contribution in [0.15, 0.2) is 63.6 Å². The van der Waals surface area contributed by atoms with Crippen LogP contribution in [-0.2, 0) is 5.41 Å². The first-order chi connectivity index (χ1) is 17.6. The summed E-state index contributed by atoms with van der Waals surface area (Å²) >= 11 is 3.36. The van der Waals surface area contributed by atoms with Crippen LogP contribution in [0.4, 0.5) is 0 Å². The van der Waals surface area contributed by atoms with Crippen LogP contribution in [0.25, 0.3) is 11.1 Å². The Kier molecular flexibility index (Phi) is 9.68. The molecule has 0 fully saturated rings. The summed E-state index contributed by atoms with van der Waals surface area (Å²) in [6.45, 7) is 13.3. The number of aryl methyl sites for hydroxylation is 2. The van der Waals surface area contributed by atoms with Crippen molar-refractivity contribution in [1.82, 2.24) is 5.32 Å². The molecular formula is C29H37N5OS2. The largest absolute Gasteiger partial charge is 0.344 e. The second-order valence-corrected chi connectivity index (χ2v) is 12.6. The molecule has 0 saturated heterocycles. The molecule has 0 radical (unpaired) electrons. The van der Waals surface area contributed by atoms with Crippen molar-refractivity contribution in [1.29, 1.82) is 5.53 Å². The van der Waals surface area contributed by atoms with E-state index in [2.05, 4.69) is 93.5 Å². The minimum atomic E-state index is -0.213. The third-order valence-electron chi connectivity index (χ3n) is 6.23. The number of thioether (sulfide) groups is 1. The quantitative estimate of drug-likeness (QED) is 0.0645. The van der Waals surface area contributed by atoms with Crippen molar-refractivity contribution in [3.05, 3.63) is 75.0 Å². The zero-order chi connectivity index (χ0) is 27.2. The van der Waals surface area contributed by atoms with Crippen molar-refractivity contribution >= 4 is 34.8 Å². The van der Waals surface area contributed by atoms with E-state index in [4.69, 9.17) is 11.4 Å². The van der Waals surface area contributed by atoms with Gasteiger partial charge in [0.2, 0.25) is 0 Å². The molecule has 3 aromatic rings. The third kappa shape index (κ3) is 7.29. The number of carbonyl (C=O) groups excluding carboxylic acids is 1. The fraction of sp³-hybridized carbons (Fsp3) is 0.379. The SMILES string of the molecule is CCCC(Sc1cc(C)c(-c2ccc(C(C)(C)C)cc2)c(C)c1)c1ccc(C(=O)NC/C(N=N)=N/N)s1. The number of hydrogen-bond donors (Lipinski definition) is 3. The number of amidine groups is 1. The molecule has 1 amide bonds. The monoisotopic (exact) mass is 535 g/mol. The Labute approximate surface area is 228 Å². The van der Waals surface area contributed by atoms with Crippen molar-refractivity contribution in [3.63, 3.8) is 0 Å². The van der Waals surface area contributed by atoms with Gasteiger partial charge in [0.25, 0.3) is 5.91 Å². The van der Waals surface area contributed by atoms with E-state index in [9.17, 15) is 4.79 Å². The highest BCUT2D eigenvalue weighted by Gasteiger charge is 2.19. The molecule has 8 heteroatoms. The van der Waals surface area contributed by atoms with Gasteiger partial charge >= 0.3 is 0 Å². The van der Waals surface area contributed by atoms with Gasteiger partial charge in [-0.1, -0.05) is 58.4 Å². The highest BCUT2D eigenvalue weighted by molar-refractivity contribution is 7.99. The van der Waals surface area contributed by atoms with Crippen LogP contribution in [0, 0.1) is 19.4 Å². The molecule has 2 aromatic carbocycles. The van der Waals surface area contributed by atoms with Crippen LogP contribution in [-0.4, -0.2) is 18.3 Å². The maximum absolute atomic E-state index is 12.6. The molecule has 0 aliphatic heterocycles. The summed E-state index contributed by atoms with van der Waals surface area (Å²) in [4.78, 5) is 15.6.